The lowest BCUT2D eigenvalue weighted by atomic mass is 9.70. The van der Waals surface area contributed by atoms with E-state index >= 15 is 0 Å². The number of hydrogen-bond acceptors (Lipinski definition) is 2. The van der Waals surface area contributed by atoms with Crippen LogP contribution in [0.15, 0.2) is 0 Å². The number of nitrogens with one attached hydrogen (secondary N) is 1. The second-order valence-corrected chi connectivity index (χ2v) is 7.53. The Morgan fingerprint density at radius 3 is 2.13 bits per heavy atom. The third-order valence-corrected chi connectivity index (χ3v) is 3.97. The van der Waals surface area contributed by atoms with Crippen LogP contribution in [0.1, 0.15) is 46.5 Å². The fourth-order valence-electron chi connectivity index (χ4n) is 2.58. The highest BCUT2D eigenvalue weighted by atomic mass is 32.2. The van der Waals surface area contributed by atoms with E-state index in [9.17, 15) is 8.42 Å². The average molecular weight is 233 g/mol. The van der Waals surface area contributed by atoms with Gasteiger partial charge in [-0.2, -0.15) is 0 Å². The van der Waals surface area contributed by atoms with E-state index in [1.807, 2.05) is 0 Å². The average Bonchev–Trinajstić information content (AvgIpc) is 1.99. The van der Waals surface area contributed by atoms with E-state index < -0.39 is 10.0 Å². The van der Waals surface area contributed by atoms with Crippen molar-refractivity contribution in [1.29, 1.82) is 0 Å². The fourth-order valence-corrected chi connectivity index (χ4v) is 3.42. The Hall–Kier alpha value is -0.0900. The molecule has 1 rings (SSSR count). The summed E-state index contributed by atoms with van der Waals surface area (Å²) < 4.78 is 25.3. The minimum atomic E-state index is -3.07. The van der Waals surface area contributed by atoms with E-state index in [0.29, 0.717) is 5.92 Å². The van der Waals surface area contributed by atoms with Crippen LogP contribution in [0, 0.1) is 11.3 Å². The Morgan fingerprint density at radius 1 is 1.13 bits per heavy atom. The van der Waals surface area contributed by atoms with Gasteiger partial charge in [0.2, 0.25) is 10.0 Å². The molecule has 0 amide bonds. The molecule has 1 aliphatic carbocycles. The van der Waals surface area contributed by atoms with Crippen LogP contribution in [-0.4, -0.2) is 20.7 Å². The van der Waals surface area contributed by atoms with Gasteiger partial charge in [-0.05, 0) is 24.2 Å². The summed E-state index contributed by atoms with van der Waals surface area (Å²) in [6.45, 7) is 6.58. The van der Waals surface area contributed by atoms with Gasteiger partial charge in [-0.25, -0.2) is 13.1 Å². The number of rotatable bonds is 2. The minimum Gasteiger partial charge on any atom is -0.213 e. The number of sulfonamides is 1. The molecule has 1 aliphatic rings. The Balaban J connectivity index is 2.75. The largest absolute Gasteiger partial charge is 0.213 e. The van der Waals surface area contributed by atoms with Gasteiger partial charge in [0, 0.05) is 6.04 Å². The molecule has 0 aliphatic heterocycles. The van der Waals surface area contributed by atoms with Crippen molar-refractivity contribution in [3.05, 3.63) is 0 Å². The summed E-state index contributed by atoms with van der Waals surface area (Å²) in [5.74, 6) is 0.459. The maximum atomic E-state index is 11.3. The zero-order valence-electron chi connectivity index (χ0n) is 10.2. The molecule has 0 radical (unpaired) electrons. The van der Waals surface area contributed by atoms with Gasteiger partial charge in [0.1, 0.15) is 0 Å². The van der Waals surface area contributed by atoms with E-state index in [1.54, 1.807) is 0 Å². The topological polar surface area (TPSA) is 46.2 Å². The maximum Gasteiger partial charge on any atom is 0.208 e. The van der Waals surface area contributed by atoms with Crippen molar-refractivity contribution in [2.75, 3.05) is 6.26 Å². The van der Waals surface area contributed by atoms with Gasteiger partial charge in [0.05, 0.1) is 6.26 Å². The van der Waals surface area contributed by atoms with E-state index in [0.717, 1.165) is 19.3 Å². The number of hydrogen-bond donors (Lipinski definition) is 1. The molecule has 15 heavy (non-hydrogen) atoms. The monoisotopic (exact) mass is 233 g/mol. The second-order valence-electron chi connectivity index (χ2n) is 5.75. The lowest BCUT2D eigenvalue weighted by Gasteiger charge is -2.40. The lowest BCUT2D eigenvalue weighted by Crippen LogP contribution is -2.46. The molecule has 1 saturated carbocycles. The maximum absolute atomic E-state index is 11.3. The Morgan fingerprint density at radius 2 is 1.67 bits per heavy atom. The summed E-state index contributed by atoms with van der Waals surface area (Å²) in [4.78, 5) is 0. The summed E-state index contributed by atoms with van der Waals surface area (Å²) in [6.07, 6.45) is 5.73. The highest BCUT2D eigenvalue weighted by molar-refractivity contribution is 7.88. The predicted octanol–water partition coefficient (Wildman–Crippen LogP) is 2.14. The Kier molecular flexibility index (Phi) is 3.82. The van der Waals surface area contributed by atoms with Crippen LogP contribution in [0.4, 0.5) is 0 Å². The van der Waals surface area contributed by atoms with Gasteiger partial charge < -0.3 is 0 Å². The summed E-state index contributed by atoms with van der Waals surface area (Å²) in [7, 11) is -3.07. The molecule has 0 saturated heterocycles. The first-order valence-electron chi connectivity index (χ1n) is 5.67. The van der Waals surface area contributed by atoms with Crippen molar-refractivity contribution in [3.8, 4) is 0 Å². The zero-order chi connectivity index (χ0) is 11.7. The predicted molar refractivity (Wildman–Crippen MR) is 63.2 cm³/mol. The molecule has 0 bridgehead atoms. The SMILES string of the molecule is CC(C)(C)[C@@H]1CCCC[C@@H]1NS(C)(=O)=O. The second kappa shape index (κ2) is 4.42. The molecule has 0 heterocycles. The van der Waals surface area contributed by atoms with Crippen molar-refractivity contribution >= 4 is 10.0 Å². The Bertz CT molecular complexity index is 303. The zero-order valence-corrected chi connectivity index (χ0v) is 11.0. The standard InChI is InChI=1S/C11H23NO2S/c1-11(2,3)9-7-5-6-8-10(9)12-15(4,13)14/h9-10,12H,5-8H2,1-4H3/t9-,10+/m1/s1. The van der Waals surface area contributed by atoms with Gasteiger partial charge in [-0.1, -0.05) is 33.6 Å². The smallest absolute Gasteiger partial charge is 0.208 e. The molecule has 4 heteroatoms. The summed E-state index contributed by atoms with van der Waals surface area (Å²) in [6, 6.07) is 0.133. The van der Waals surface area contributed by atoms with Crippen LogP contribution < -0.4 is 4.72 Å². The first-order valence-corrected chi connectivity index (χ1v) is 7.56. The van der Waals surface area contributed by atoms with E-state index in [1.165, 1.54) is 12.7 Å². The van der Waals surface area contributed by atoms with Crippen molar-refractivity contribution < 1.29 is 8.42 Å². The first kappa shape index (κ1) is 13.0. The van der Waals surface area contributed by atoms with Crippen LogP contribution in [0.25, 0.3) is 0 Å². The molecule has 0 unspecified atom stereocenters. The highest BCUT2D eigenvalue weighted by Crippen LogP contribution is 2.38. The van der Waals surface area contributed by atoms with Gasteiger partial charge in [0.25, 0.3) is 0 Å². The van der Waals surface area contributed by atoms with Crippen LogP contribution in [0.5, 0.6) is 0 Å². The molecule has 1 N–H and O–H groups in total. The van der Waals surface area contributed by atoms with Crippen molar-refractivity contribution in [2.45, 2.75) is 52.5 Å². The normalized spacial score (nSPS) is 29.1. The molecule has 0 aromatic rings. The minimum absolute atomic E-state index is 0.133. The fraction of sp³-hybridized carbons (Fsp3) is 1.00. The molecule has 0 aromatic carbocycles. The third kappa shape index (κ3) is 4.11. The molecule has 1 fully saturated rings. The molecular formula is C11H23NO2S. The van der Waals surface area contributed by atoms with Crippen molar-refractivity contribution in [3.63, 3.8) is 0 Å². The van der Waals surface area contributed by atoms with Gasteiger partial charge >= 0.3 is 0 Å². The molecule has 2 atom stereocenters. The van der Waals surface area contributed by atoms with Crippen LogP contribution in [0.3, 0.4) is 0 Å². The van der Waals surface area contributed by atoms with E-state index in [-0.39, 0.29) is 11.5 Å². The summed E-state index contributed by atoms with van der Waals surface area (Å²) in [5, 5.41) is 0. The molecule has 0 spiro atoms. The van der Waals surface area contributed by atoms with Gasteiger partial charge in [-0.15, -0.1) is 0 Å². The first-order chi connectivity index (χ1) is 6.70. The quantitative estimate of drug-likeness (QED) is 0.794. The molecule has 3 nitrogen and oxygen atoms in total. The lowest BCUT2D eigenvalue weighted by molar-refractivity contribution is 0.144. The van der Waals surface area contributed by atoms with Gasteiger partial charge in [-0.3, -0.25) is 0 Å². The van der Waals surface area contributed by atoms with Crippen LogP contribution >= 0.6 is 0 Å². The van der Waals surface area contributed by atoms with E-state index in [2.05, 4.69) is 25.5 Å². The highest BCUT2D eigenvalue weighted by Gasteiger charge is 2.35. The van der Waals surface area contributed by atoms with Crippen molar-refractivity contribution in [1.82, 2.24) is 4.72 Å². The molecule has 90 valence electrons. The Labute approximate surface area is 93.7 Å². The van der Waals surface area contributed by atoms with Gasteiger partial charge in [0.15, 0.2) is 0 Å². The van der Waals surface area contributed by atoms with Crippen LogP contribution in [0.2, 0.25) is 0 Å². The molecular weight excluding hydrogens is 210 g/mol. The summed E-state index contributed by atoms with van der Waals surface area (Å²) >= 11 is 0. The van der Waals surface area contributed by atoms with Crippen molar-refractivity contribution in [2.24, 2.45) is 11.3 Å². The van der Waals surface area contributed by atoms with E-state index in [4.69, 9.17) is 0 Å². The molecule has 0 aromatic heterocycles. The van der Waals surface area contributed by atoms with Crippen LogP contribution in [-0.2, 0) is 10.0 Å². The summed E-state index contributed by atoms with van der Waals surface area (Å²) in [5.41, 5.74) is 0.183. The third-order valence-electron chi connectivity index (χ3n) is 3.24.